The van der Waals surface area contributed by atoms with Gasteiger partial charge in [-0.2, -0.15) is 0 Å². The minimum atomic E-state index is -0.0757. The van der Waals surface area contributed by atoms with Gasteiger partial charge < -0.3 is 4.90 Å². The largest absolute Gasteiger partial charge is 0.310 e. The maximum absolute atomic E-state index is 2.54. The zero-order chi connectivity index (χ0) is 36.1. The lowest BCUT2D eigenvalue weighted by Gasteiger charge is -2.31. The van der Waals surface area contributed by atoms with Crippen molar-refractivity contribution in [3.8, 4) is 33.4 Å². The summed E-state index contributed by atoms with van der Waals surface area (Å²) < 4.78 is 0. The van der Waals surface area contributed by atoms with Crippen LogP contribution < -0.4 is 4.90 Å². The highest BCUT2D eigenvalue weighted by Gasteiger charge is 2.49. The van der Waals surface area contributed by atoms with E-state index < -0.39 is 0 Å². The highest BCUT2D eigenvalue weighted by molar-refractivity contribution is 5.89. The quantitative estimate of drug-likeness (QED) is 0.177. The fourth-order valence-corrected chi connectivity index (χ4v) is 11.0. The SMILES string of the molecule is c1ccc(-c2ccc(N(c3ccc4c(c3)C3(Cc5ccccc5C3)c3ccccc3-4)c3ccc4c(c3)C3(Cc5ccccc5C3)c3ccccc3-4)cc2)cc1. The second kappa shape index (κ2) is 11.5. The molecular formula is C54H39N. The van der Waals surface area contributed by atoms with Crippen LogP contribution in [0.5, 0.6) is 0 Å². The van der Waals surface area contributed by atoms with Gasteiger partial charge in [0.2, 0.25) is 0 Å². The van der Waals surface area contributed by atoms with E-state index in [2.05, 4.69) is 193 Å². The molecule has 0 N–H and O–H groups in total. The zero-order valence-electron chi connectivity index (χ0n) is 30.7. The molecule has 1 heteroatoms. The van der Waals surface area contributed by atoms with Gasteiger partial charge in [-0.05, 0) is 140 Å². The van der Waals surface area contributed by atoms with E-state index in [0.29, 0.717) is 0 Å². The molecule has 8 aromatic rings. The fourth-order valence-electron chi connectivity index (χ4n) is 11.0. The normalized spacial score (nSPS) is 15.6. The molecule has 4 aliphatic rings. The monoisotopic (exact) mass is 701 g/mol. The Morgan fingerprint density at radius 1 is 0.291 bits per heavy atom. The van der Waals surface area contributed by atoms with Gasteiger partial charge in [-0.25, -0.2) is 0 Å². The molecule has 0 saturated heterocycles. The first-order chi connectivity index (χ1) is 27.2. The second-order valence-corrected chi connectivity index (χ2v) is 16.2. The van der Waals surface area contributed by atoms with Gasteiger partial charge in [0, 0.05) is 27.9 Å². The van der Waals surface area contributed by atoms with E-state index in [1.165, 1.54) is 89.3 Å². The van der Waals surface area contributed by atoms with E-state index in [9.17, 15) is 0 Å². The molecular weight excluding hydrogens is 663 g/mol. The number of hydrogen-bond donors (Lipinski definition) is 0. The van der Waals surface area contributed by atoms with Crippen molar-refractivity contribution in [1.82, 2.24) is 0 Å². The van der Waals surface area contributed by atoms with E-state index in [1.54, 1.807) is 0 Å². The van der Waals surface area contributed by atoms with E-state index in [1.807, 2.05) is 0 Å². The van der Waals surface area contributed by atoms with Crippen LogP contribution >= 0.6 is 0 Å². The minimum Gasteiger partial charge on any atom is -0.310 e. The van der Waals surface area contributed by atoms with E-state index in [4.69, 9.17) is 0 Å². The average molecular weight is 702 g/mol. The number of benzene rings is 8. The van der Waals surface area contributed by atoms with Crippen LogP contribution in [0.25, 0.3) is 33.4 Å². The topological polar surface area (TPSA) is 3.24 Å². The molecule has 55 heavy (non-hydrogen) atoms. The lowest BCUT2D eigenvalue weighted by molar-refractivity contribution is 0.563. The summed E-state index contributed by atoms with van der Waals surface area (Å²) in [7, 11) is 0. The zero-order valence-corrected chi connectivity index (χ0v) is 30.7. The number of rotatable bonds is 4. The molecule has 0 amide bonds. The van der Waals surface area contributed by atoms with Gasteiger partial charge in [-0.15, -0.1) is 0 Å². The van der Waals surface area contributed by atoms with Gasteiger partial charge in [0.1, 0.15) is 0 Å². The van der Waals surface area contributed by atoms with Crippen LogP contribution in [0.1, 0.15) is 44.5 Å². The van der Waals surface area contributed by atoms with Crippen molar-refractivity contribution in [2.75, 3.05) is 4.90 Å². The molecule has 0 aliphatic heterocycles. The molecule has 0 bridgehead atoms. The van der Waals surface area contributed by atoms with Crippen LogP contribution in [-0.2, 0) is 36.5 Å². The Bertz CT molecular complexity index is 2620. The first-order valence-corrected chi connectivity index (χ1v) is 19.8. The van der Waals surface area contributed by atoms with Crippen molar-refractivity contribution in [3.63, 3.8) is 0 Å². The van der Waals surface area contributed by atoms with Crippen molar-refractivity contribution in [2.45, 2.75) is 36.5 Å². The van der Waals surface area contributed by atoms with Crippen molar-refractivity contribution < 1.29 is 0 Å². The first-order valence-electron chi connectivity index (χ1n) is 19.8. The van der Waals surface area contributed by atoms with Crippen molar-refractivity contribution in [2.24, 2.45) is 0 Å². The van der Waals surface area contributed by atoms with Gasteiger partial charge in [-0.1, -0.05) is 152 Å². The Balaban J connectivity index is 1.05. The number of hydrogen-bond acceptors (Lipinski definition) is 1. The van der Waals surface area contributed by atoms with Gasteiger partial charge in [0.25, 0.3) is 0 Å². The average Bonchev–Trinajstić information content (AvgIpc) is 3.98. The summed E-state index contributed by atoms with van der Waals surface area (Å²) in [5.74, 6) is 0. The Hall–Kier alpha value is -6.44. The van der Waals surface area contributed by atoms with Crippen LogP contribution in [0.15, 0.2) is 188 Å². The molecule has 0 fully saturated rings. The van der Waals surface area contributed by atoms with E-state index in [0.717, 1.165) is 31.4 Å². The first kappa shape index (κ1) is 31.0. The van der Waals surface area contributed by atoms with Gasteiger partial charge in [-0.3, -0.25) is 0 Å². The molecule has 0 atom stereocenters. The van der Waals surface area contributed by atoms with Crippen LogP contribution in [-0.4, -0.2) is 0 Å². The standard InChI is InChI=1S/C54H39N/c1-2-12-36(13-3-1)37-22-24-42(25-23-37)55(43-26-28-47-45-18-8-10-20-49(45)53(51(47)30-43)32-38-14-4-5-15-39(38)33-53)44-27-29-48-46-19-9-11-21-50(46)54(52(48)31-44)34-40-16-6-7-17-41(40)35-54/h1-31H,32-35H2. The summed E-state index contributed by atoms with van der Waals surface area (Å²) in [5.41, 5.74) is 23.1. The van der Waals surface area contributed by atoms with E-state index in [-0.39, 0.29) is 10.8 Å². The van der Waals surface area contributed by atoms with Crippen LogP contribution in [0.4, 0.5) is 17.1 Å². The lowest BCUT2D eigenvalue weighted by atomic mass is 9.75. The Morgan fingerprint density at radius 2 is 0.655 bits per heavy atom. The summed E-state index contributed by atoms with van der Waals surface area (Å²) in [6.45, 7) is 0. The Kier molecular flexibility index (Phi) is 6.49. The molecule has 0 heterocycles. The summed E-state index contributed by atoms with van der Waals surface area (Å²) >= 11 is 0. The summed E-state index contributed by atoms with van der Waals surface area (Å²) in [5, 5.41) is 0. The molecule has 2 spiro atoms. The summed E-state index contributed by atoms with van der Waals surface area (Å²) in [4.78, 5) is 2.52. The second-order valence-electron chi connectivity index (χ2n) is 16.2. The van der Waals surface area contributed by atoms with Crippen LogP contribution in [0, 0.1) is 0 Å². The van der Waals surface area contributed by atoms with Crippen molar-refractivity contribution in [1.29, 1.82) is 0 Å². The number of anilines is 3. The van der Waals surface area contributed by atoms with Gasteiger partial charge in [0.15, 0.2) is 0 Å². The predicted octanol–water partition coefficient (Wildman–Crippen LogP) is 13.0. The molecule has 260 valence electrons. The molecule has 4 aliphatic carbocycles. The Labute approximate surface area is 323 Å². The molecule has 12 rings (SSSR count). The summed E-state index contributed by atoms with van der Waals surface area (Å²) in [6.07, 6.45) is 4.12. The maximum atomic E-state index is 2.54. The third kappa shape index (κ3) is 4.41. The van der Waals surface area contributed by atoms with Crippen LogP contribution in [0.2, 0.25) is 0 Å². The molecule has 1 nitrogen and oxygen atoms in total. The predicted molar refractivity (Wildman–Crippen MR) is 227 cm³/mol. The molecule has 0 saturated carbocycles. The third-order valence-electron chi connectivity index (χ3n) is 13.5. The molecule has 0 aromatic heterocycles. The highest BCUT2D eigenvalue weighted by atomic mass is 15.1. The molecule has 8 aromatic carbocycles. The fraction of sp³-hybridized carbons (Fsp3) is 0.111. The molecule has 0 radical (unpaired) electrons. The highest BCUT2D eigenvalue weighted by Crippen LogP contribution is 2.58. The van der Waals surface area contributed by atoms with E-state index >= 15 is 0 Å². The lowest BCUT2D eigenvalue weighted by Crippen LogP contribution is -2.26. The molecule has 0 unspecified atom stereocenters. The van der Waals surface area contributed by atoms with Crippen molar-refractivity contribution >= 4 is 17.1 Å². The smallest absolute Gasteiger partial charge is 0.0465 e. The van der Waals surface area contributed by atoms with Crippen LogP contribution in [0.3, 0.4) is 0 Å². The minimum absolute atomic E-state index is 0.0757. The third-order valence-corrected chi connectivity index (χ3v) is 13.5. The summed E-state index contributed by atoms with van der Waals surface area (Å²) in [6, 6.07) is 71.1. The van der Waals surface area contributed by atoms with Crippen molar-refractivity contribution in [3.05, 3.63) is 233 Å². The van der Waals surface area contributed by atoms with Gasteiger partial charge in [0.05, 0.1) is 0 Å². The number of fused-ring (bicyclic) bond motifs is 12. The maximum Gasteiger partial charge on any atom is 0.0465 e. The van der Waals surface area contributed by atoms with Gasteiger partial charge >= 0.3 is 0 Å². The number of nitrogens with zero attached hydrogens (tertiary/aromatic N) is 1. The Morgan fingerprint density at radius 3 is 1.13 bits per heavy atom.